The van der Waals surface area contributed by atoms with E-state index in [-0.39, 0.29) is 12.1 Å². The Morgan fingerprint density at radius 1 is 1.50 bits per heavy atom. The van der Waals surface area contributed by atoms with Crippen LogP contribution in [-0.4, -0.2) is 12.7 Å². The molecule has 0 radical (unpaired) electrons. The number of hydrogen-bond donors (Lipinski definition) is 2. The number of rotatable bonds is 5. The standard InChI is InChI=1S/C15H24N2O/c1-3-5-12-6-4-7-13(10-12)15(17-16)14-8-9-18-11(14)2/h4,6-7,10-11,14-15,17H,3,5,8-9,16H2,1-2H3. The number of nitrogens with one attached hydrogen (secondary N) is 1. The molecule has 0 amide bonds. The molecule has 1 heterocycles. The monoisotopic (exact) mass is 248 g/mol. The van der Waals surface area contributed by atoms with Gasteiger partial charge in [0.25, 0.3) is 0 Å². The van der Waals surface area contributed by atoms with Gasteiger partial charge in [-0.1, -0.05) is 37.6 Å². The first-order valence-corrected chi connectivity index (χ1v) is 6.92. The van der Waals surface area contributed by atoms with E-state index in [1.165, 1.54) is 17.5 Å². The zero-order valence-electron chi connectivity index (χ0n) is 11.4. The van der Waals surface area contributed by atoms with Crippen LogP contribution >= 0.6 is 0 Å². The average Bonchev–Trinajstić information content (AvgIpc) is 2.78. The molecule has 3 nitrogen and oxygen atoms in total. The van der Waals surface area contributed by atoms with Gasteiger partial charge in [-0.05, 0) is 30.9 Å². The quantitative estimate of drug-likeness (QED) is 0.622. The van der Waals surface area contributed by atoms with Crippen LogP contribution in [0, 0.1) is 5.92 Å². The minimum absolute atomic E-state index is 0.194. The third kappa shape index (κ3) is 2.91. The highest BCUT2D eigenvalue weighted by atomic mass is 16.5. The fraction of sp³-hybridized carbons (Fsp3) is 0.600. The van der Waals surface area contributed by atoms with E-state index in [1.807, 2.05) is 0 Å². The molecule has 100 valence electrons. The third-order valence-electron chi connectivity index (χ3n) is 3.89. The molecule has 3 N–H and O–H groups in total. The summed E-state index contributed by atoms with van der Waals surface area (Å²) in [6, 6.07) is 8.95. The van der Waals surface area contributed by atoms with Gasteiger partial charge in [0.2, 0.25) is 0 Å². The van der Waals surface area contributed by atoms with E-state index >= 15 is 0 Å². The summed E-state index contributed by atoms with van der Waals surface area (Å²) in [5.41, 5.74) is 5.65. The summed E-state index contributed by atoms with van der Waals surface area (Å²) < 4.78 is 5.65. The van der Waals surface area contributed by atoms with Gasteiger partial charge in [-0.3, -0.25) is 11.3 Å². The van der Waals surface area contributed by atoms with Crippen molar-refractivity contribution in [1.29, 1.82) is 0 Å². The van der Waals surface area contributed by atoms with E-state index in [2.05, 4.69) is 43.5 Å². The second-order valence-corrected chi connectivity index (χ2v) is 5.17. The Bertz CT molecular complexity index is 381. The molecule has 0 aromatic heterocycles. The highest BCUT2D eigenvalue weighted by Gasteiger charge is 2.32. The van der Waals surface area contributed by atoms with Crippen LogP contribution < -0.4 is 11.3 Å². The van der Waals surface area contributed by atoms with E-state index in [9.17, 15) is 0 Å². The second kappa shape index (κ2) is 6.32. The number of aryl methyl sites for hydroxylation is 1. The Balaban J connectivity index is 2.18. The summed E-state index contributed by atoms with van der Waals surface area (Å²) in [6.45, 7) is 5.19. The fourth-order valence-electron chi connectivity index (χ4n) is 2.88. The second-order valence-electron chi connectivity index (χ2n) is 5.17. The van der Waals surface area contributed by atoms with Gasteiger partial charge in [0.15, 0.2) is 0 Å². The molecule has 3 atom stereocenters. The summed E-state index contributed by atoms with van der Waals surface area (Å²) in [5, 5.41) is 0. The topological polar surface area (TPSA) is 47.3 Å². The van der Waals surface area contributed by atoms with Crippen molar-refractivity contribution in [3.8, 4) is 0 Å². The summed E-state index contributed by atoms with van der Waals surface area (Å²) in [4.78, 5) is 0. The Hall–Kier alpha value is -0.900. The molecule has 1 fully saturated rings. The first-order chi connectivity index (χ1) is 8.76. The predicted octanol–water partition coefficient (Wildman–Crippen LogP) is 2.57. The van der Waals surface area contributed by atoms with Gasteiger partial charge >= 0.3 is 0 Å². The molecule has 0 aliphatic carbocycles. The minimum Gasteiger partial charge on any atom is -0.378 e. The lowest BCUT2D eigenvalue weighted by Gasteiger charge is -2.26. The van der Waals surface area contributed by atoms with Crippen molar-refractivity contribution in [2.75, 3.05) is 6.61 Å². The first-order valence-electron chi connectivity index (χ1n) is 6.92. The molecular weight excluding hydrogens is 224 g/mol. The molecule has 0 spiro atoms. The molecular formula is C15H24N2O. The van der Waals surface area contributed by atoms with Crippen molar-refractivity contribution in [3.05, 3.63) is 35.4 Å². The fourth-order valence-corrected chi connectivity index (χ4v) is 2.88. The number of benzene rings is 1. The highest BCUT2D eigenvalue weighted by molar-refractivity contribution is 5.27. The Morgan fingerprint density at radius 3 is 2.94 bits per heavy atom. The first kappa shape index (κ1) is 13.5. The number of ether oxygens (including phenoxy) is 1. The Labute approximate surface area is 110 Å². The van der Waals surface area contributed by atoms with Crippen LogP contribution in [0.5, 0.6) is 0 Å². The van der Waals surface area contributed by atoms with Crippen molar-refractivity contribution in [1.82, 2.24) is 5.43 Å². The third-order valence-corrected chi connectivity index (χ3v) is 3.89. The Kier molecular flexibility index (Phi) is 4.75. The highest BCUT2D eigenvalue weighted by Crippen LogP contribution is 2.33. The van der Waals surface area contributed by atoms with Crippen molar-refractivity contribution in [2.45, 2.75) is 45.3 Å². The summed E-state index contributed by atoms with van der Waals surface area (Å²) >= 11 is 0. The van der Waals surface area contributed by atoms with Gasteiger partial charge in [-0.15, -0.1) is 0 Å². The SMILES string of the molecule is CCCc1cccc(C(NN)C2CCOC2C)c1. The minimum atomic E-state index is 0.194. The van der Waals surface area contributed by atoms with Gasteiger partial charge in [0.05, 0.1) is 12.1 Å². The molecule has 1 aromatic rings. The van der Waals surface area contributed by atoms with Gasteiger partial charge in [-0.25, -0.2) is 0 Å². The van der Waals surface area contributed by atoms with Crippen molar-refractivity contribution in [2.24, 2.45) is 11.8 Å². The van der Waals surface area contributed by atoms with E-state index in [0.29, 0.717) is 5.92 Å². The lowest BCUT2D eigenvalue weighted by Crippen LogP contribution is -2.36. The molecule has 2 rings (SSSR count). The molecule has 0 saturated carbocycles. The van der Waals surface area contributed by atoms with Gasteiger partial charge in [0, 0.05) is 12.5 Å². The number of hydrazine groups is 1. The lowest BCUT2D eigenvalue weighted by atomic mass is 9.88. The van der Waals surface area contributed by atoms with Crippen molar-refractivity contribution in [3.63, 3.8) is 0 Å². The average molecular weight is 248 g/mol. The van der Waals surface area contributed by atoms with Crippen LogP contribution in [0.1, 0.15) is 43.9 Å². The largest absolute Gasteiger partial charge is 0.378 e. The van der Waals surface area contributed by atoms with Crippen LogP contribution in [0.15, 0.2) is 24.3 Å². The normalized spacial score (nSPS) is 25.3. The van der Waals surface area contributed by atoms with Crippen LogP contribution in [0.2, 0.25) is 0 Å². The zero-order valence-corrected chi connectivity index (χ0v) is 11.4. The van der Waals surface area contributed by atoms with Gasteiger partial charge in [0.1, 0.15) is 0 Å². The summed E-state index contributed by atoms with van der Waals surface area (Å²) in [5.74, 6) is 6.23. The number of hydrogen-bond acceptors (Lipinski definition) is 3. The summed E-state index contributed by atoms with van der Waals surface area (Å²) in [6.07, 6.45) is 3.66. The van der Waals surface area contributed by atoms with Crippen LogP contribution in [0.25, 0.3) is 0 Å². The summed E-state index contributed by atoms with van der Waals surface area (Å²) in [7, 11) is 0. The van der Waals surface area contributed by atoms with Crippen LogP contribution in [-0.2, 0) is 11.2 Å². The van der Waals surface area contributed by atoms with E-state index < -0.39 is 0 Å². The molecule has 1 aromatic carbocycles. The molecule has 3 heteroatoms. The molecule has 18 heavy (non-hydrogen) atoms. The maximum Gasteiger partial charge on any atom is 0.0594 e. The van der Waals surface area contributed by atoms with Crippen LogP contribution in [0.3, 0.4) is 0 Å². The maximum atomic E-state index is 5.77. The zero-order chi connectivity index (χ0) is 13.0. The van der Waals surface area contributed by atoms with Crippen molar-refractivity contribution < 1.29 is 4.74 Å². The van der Waals surface area contributed by atoms with Crippen LogP contribution in [0.4, 0.5) is 0 Å². The van der Waals surface area contributed by atoms with E-state index in [0.717, 1.165) is 19.4 Å². The van der Waals surface area contributed by atoms with Gasteiger partial charge in [-0.2, -0.15) is 0 Å². The van der Waals surface area contributed by atoms with Crippen molar-refractivity contribution >= 4 is 0 Å². The molecule has 1 aliphatic heterocycles. The predicted molar refractivity (Wildman–Crippen MR) is 74.0 cm³/mol. The molecule has 0 bridgehead atoms. The maximum absolute atomic E-state index is 5.77. The number of nitrogens with two attached hydrogens (primary N) is 1. The van der Waals surface area contributed by atoms with Gasteiger partial charge < -0.3 is 4.74 Å². The molecule has 3 unspecified atom stereocenters. The van der Waals surface area contributed by atoms with E-state index in [4.69, 9.17) is 10.6 Å². The molecule has 1 saturated heterocycles. The smallest absolute Gasteiger partial charge is 0.0594 e. The lowest BCUT2D eigenvalue weighted by molar-refractivity contribution is 0.0954. The van der Waals surface area contributed by atoms with E-state index in [1.54, 1.807) is 0 Å². The molecule has 1 aliphatic rings. The Morgan fingerprint density at radius 2 is 2.33 bits per heavy atom.